The molecule has 0 aliphatic rings. The van der Waals surface area contributed by atoms with E-state index in [4.69, 9.17) is 0 Å². The van der Waals surface area contributed by atoms with E-state index in [2.05, 4.69) is 188 Å². The van der Waals surface area contributed by atoms with Gasteiger partial charge in [-0.1, -0.05) is 142 Å². The van der Waals surface area contributed by atoms with Gasteiger partial charge in [-0.3, -0.25) is 0 Å². The number of hydrogen-bond donors (Lipinski definition) is 3. The Kier molecular flexibility index (Phi) is 7.89. The number of H-pyrrole nitrogens is 2. The summed E-state index contributed by atoms with van der Waals surface area (Å²) in [4.78, 5) is 7.18. The van der Waals surface area contributed by atoms with E-state index in [1.165, 1.54) is 42.8 Å². The fourth-order valence-corrected chi connectivity index (χ4v) is 12.2. The minimum absolute atomic E-state index is 0.0450. The molecular weight excluding hydrogens is 625 g/mol. The first-order valence-corrected chi connectivity index (χ1v) is 19.2. The maximum absolute atomic E-state index is 11.5. The zero-order valence-electron chi connectivity index (χ0n) is 28.6. The Morgan fingerprint density at radius 3 is 1.72 bits per heavy atom. The first-order chi connectivity index (χ1) is 24.3. The standard InChI is InChI=1S/C46H40N2OSi/c1-46(2,3)35-29-33(40-21-13-14-32-26-27-47-45(32)40)28-34(30-35)42-23-24-43(48-42)41-31-39(22-25-44(41)49)50(36-15-7-4-8-16-36,37-17-9-5-10-18-37)38-19-11-6-12-20-38/h4-31,47-49H,1-3H3. The van der Waals surface area contributed by atoms with Crippen molar-refractivity contribution in [2.45, 2.75) is 26.2 Å². The molecule has 4 heteroatoms. The predicted molar refractivity (Wildman–Crippen MR) is 213 cm³/mol. The average Bonchev–Trinajstić information content (AvgIpc) is 3.84. The number of aromatic amines is 2. The summed E-state index contributed by atoms with van der Waals surface area (Å²) >= 11 is 0. The number of rotatable bonds is 7. The molecule has 244 valence electrons. The summed E-state index contributed by atoms with van der Waals surface area (Å²) in [7, 11) is -2.76. The number of hydrogen-bond acceptors (Lipinski definition) is 1. The van der Waals surface area contributed by atoms with Crippen LogP contribution in [0, 0.1) is 0 Å². The summed E-state index contributed by atoms with van der Waals surface area (Å²) in [6, 6.07) is 58.6. The molecule has 3 nitrogen and oxygen atoms in total. The van der Waals surface area contributed by atoms with Crippen molar-refractivity contribution in [1.29, 1.82) is 0 Å². The lowest BCUT2D eigenvalue weighted by Crippen LogP contribution is -2.74. The Hall–Kier alpha value is -5.84. The van der Waals surface area contributed by atoms with E-state index in [1.807, 2.05) is 12.3 Å². The first-order valence-electron chi connectivity index (χ1n) is 17.2. The van der Waals surface area contributed by atoms with Crippen molar-refractivity contribution < 1.29 is 5.11 Å². The number of para-hydroxylation sites is 1. The van der Waals surface area contributed by atoms with Crippen molar-refractivity contribution in [2.75, 3.05) is 0 Å². The molecule has 2 aromatic heterocycles. The molecule has 0 amide bonds. The van der Waals surface area contributed by atoms with Gasteiger partial charge in [0, 0.05) is 28.7 Å². The second-order valence-corrected chi connectivity index (χ2v) is 18.0. The van der Waals surface area contributed by atoms with Gasteiger partial charge in [0.1, 0.15) is 5.75 Å². The highest BCUT2D eigenvalue weighted by Gasteiger charge is 2.41. The maximum atomic E-state index is 11.5. The van der Waals surface area contributed by atoms with Crippen LogP contribution in [0.2, 0.25) is 0 Å². The third kappa shape index (κ3) is 5.48. The Labute approximate surface area is 295 Å². The van der Waals surface area contributed by atoms with Gasteiger partial charge in [0.2, 0.25) is 0 Å². The highest BCUT2D eigenvalue weighted by atomic mass is 28.3. The van der Waals surface area contributed by atoms with Crippen LogP contribution in [-0.2, 0) is 5.41 Å². The molecule has 0 spiro atoms. The third-order valence-corrected chi connectivity index (χ3v) is 14.8. The molecule has 0 aliphatic heterocycles. The van der Waals surface area contributed by atoms with Gasteiger partial charge >= 0.3 is 0 Å². The SMILES string of the molecule is CC(C)(C)c1cc(-c2ccc(-c3cc([Si](c4ccccc4)(c4ccccc4)c4ccccc4)ccc3O)[nH]2)cc(-c2cccc3cc[nH]c23)c1. The van der Waals surface area contributed by atoms with Crippen LogP contribution in [0.25, 0.3) is 44.5 Å². The molecule has 0 saturated carbocycles. The predicted octanol–water partition coefficient (Wildman–Crippen LogP) is 8.88. The molecule has 2 heterocycles. The third-order valence-electron chi connectivity index (χ3n) is 10.0. The van der Waals surface area contributed by atoms with E-state index < -0.39 is 8.07 Å². The second kappa shape index (κ2) is 12.6. The molecule has 8 rings (SSSR count). The zero-order valence-corrected chi connectivity index (χ0v) is 29.6. The molecule has 8 aromatic rings. The van der Waals surface area contributed by atoms with E-state index in [-0.39, 0.29) is 11.2 Å². The smallest absolute Gasteiger partial charge is 0.179 e. The van der Waals surface area contributed by atoms with Gasteiger partial charge in [-0.05, 0) is 90.7 Å². The molecule has 0 bridgehead atoms. The van der Waals surface area contributed by atoms with Gasteiger partial charge in [-0.25, -0.2) is 0 Å². The lowest BCUT2D eigenvalue weighted by molar-refractivity contribution is 0.477. The number of fused-ring (bicyclic) bond motifs is 1. The van der Waals surface area contributed by atoms with Gasteiger partial charge in [0.05, 0.1) is 5.52 Å². The lowest BCUT2D eigenvalue weighted by Gasteiger charge is -2.34. The normalized spacial score (nSPS) is 12.0. The fraction of sp³-hybridized carbons (Fsp3) is 0.0870. The van der Waals surface area contributed by atoms with E-state index in [0.717, 1.165) is 28.0 Å². The van der Waals surface area contributed by atoms with Crippen LogP contribution < -0.4 is 20.7 Å². The Balaban J connectivity index is 1.29. The van der Waals surface area contributed by atoms with Crippen LogP contribution in [0.4, 0.5) is 0 Å². The number of benzene rings is 6. The molecule has 0 saturated heterocycles. The summed E-state index contributed by atoms with van der Waals surface area (Å²) in [5.74, 6) is 0.252. The molecule has 0 aliphatic carbocycles. The lowest BCUT2D eigenvalue weighted by atomic mass is 9.83. The number of phenolic OH excluding ortho intramolecular Hbond substituents is 1. The highest BCUT2D eigenvalue weighted by molar-refractivity contribution is 7.19. The van der Waals surface area contributed by atoms with Crippen molar-refractivity contribution in [1.82, 2.24) is 9.97 Å². The molecule has 0 unspecified atom stereocenters. The van der Waals surface area contributed by atoms with Crippen LogP contribution in [0.1, 0.15) is 26.3 Å². The monoisotopic (exact) mass is 664 g/mol. The van der Waals surface area contributed by atoms with Crippen LogP contribution in [-0.4, -0.2) is 23.1 Å². The topological polar surface area (TPSA) is 51.8 Å². The fourth-order valence-electron chi connectivity index (χ4n) is 7.47. The summed E-state index contributed by atoms with van der Waals surface area (Å²) in [5.41, 5.74) is 8.50. The minimum Gasteiger partial charge on any atom is -0.507 e. The van der Waals surface area contributed by atoms with E-state index in [0.29, 0.717) is 0 Å². The van der Waals surface area contributed by atoms with Crippen molar-refractivity contribution in [3.05, 3.63) is 176 Å². The number of nitrogens with one attached hydrogen (secondary N) is 2. The number of phenols is 1. The first kappa shape index (κ1) is 31.4. The molecule has 0 radical (unpaired) electrons. The summed E-state index contributed by atoms with van der Waals surface area (Å²) in [6.07, 6.45) is 2.01. The molecule has 50 heavy (non-hydrogen) atoms. The molecule has 0 atom stereocenters. The van der Waals surface area contributed by atoms with E-state index >= 15 is 0 Å². The average molecular weight is 665 g/mol. The highest BCUT2D eigenvalue weighted by Crippen LogP contribution is 2.37. The largest absolute Gasteiger partial charge is 0.507 e. The van der Waals surface area contributed by atoms with Crippen molar-refractivity contribution in [3.8, 4) is 39.4 Å². The number of aromatic hydroxyl groups is 1. The van der Waals surface area contributed by atoms with Crippen molar-refractivity contribution in [2.24, 2.45) is 0 Å². The Morgan fingerprint density at radius 2 is 1.10 bits per heavy atom. The van der Waals surface area contributed by atoms with Crippen LogP contribution in [0.5, 0.6) is 5.75 Å². The molecule has 3 N–H and O–H groups in total. The van der Waals surface area contributed by atoms with E-state index in [1.54, 1.807) is 0 Å². The zero-order chi connectivity index (χ0) is 34.3. The summed E-state index contributed by atoms with van der Waals surface area (Å²) in [5, 5.41) is 17.8. The van der Waals surface area contributed by atoms with Crippen LogP contribution in [0.3, 0.4) is 0 Å². The maximum Gasteiger partial charge on any atom is 0.179 e. The van der Waals surface area contributed by atoms with Gasteiger partial charge < -0.3 is 15.1 Å². The van der Waals surface area contributed by atoms with Crippen molar-refractivity contribution >= 4 is 39.7 Å². The molecular formula is C46H40N2OSi. The van der Waals surface area contributed by atoms with Gasteiger partial charge in [-0.15, -0.1) is 0 Å². The van der Waals surface area contributed by atoms with Gasteiger partial charge in [0.25, 0.3) is 0 Å². The van der Waals surface area contributed by atoms with E-state index in [9.17, 15) is 5.11 Å². The van der Waals surface area contributed by atoms with Crippen molar-refractivity contribution in [3.63, 3.8) is 0 Å². The number of aromatic nitrogens is 2. The van der Waals surface area contributed by atoms with Crippen LogP contribution in [0.15, 0.2) is 170 Å². The quantitative estimate of drug-likeness (QED) is 0.116. The summed E-state index contributed by atoms with van der Waals surface area (Å²) < 4.78 is 0. The Morgan fingerprint density at radius 1 is 0.500 bits per heavy atom. The van der Waals surface area contributed by atoms with Gasteiger partial charge in [0.15, 0.2) is 8.07 Å². The minimum atomic E-state index is -2.76. The Bertz CT molecular complexity index is 2320. The molecule has 6 aromatic carbocycles. The van der Waals surface area contributed by atoms with Gasteiger partial charge in [-0.2, -0.15) is 0 Å². The van der Waals surface area contributed by atoms with Crippen LogP contribution >= 0.6 is 0 Å². The second-order valence-electron chi connectivity index (χ2n) is 14.2. The molecule has 0 fully saturated rings. The summed E-state index contributed by atoms with van der Waals surface area (Å²) in [6.45, 7) is 6.78.